The van der Waals surface area contributed by atoms with E-state index in [9.17, 15) is 9.59 Å². The third kappa shape index (κ3) is 6.17. The van der Waals surface area contributed by atoms with E-state index in [1.165, 1.54) is 6.08 Å². The fourth-order valence-electron chi connectivity index (χ4n) is 2.49. The van der Waals surface area contributed by atoms with Gasteiger partial charge in [-0.3, -0.25) is 14.6 Å². The number of benzene rings is 2. The smallest absolute Gasteiger partial charge is 0.251 e. The molecule has 1 aromatic heterocycles. The molecule has 5 nitrogen and oxygen atoms in total. The van der Waals surface area contributed by atoms with Gasteiger partial charge in [-0.15, -0.1) is 0 Å². The van der Waals surface area contributed by atoms with E-state index in [4.69, 9.17) is 23.2 Å². The van der Waals surface area contributed by atoms with Crippen LogP contribution in [0.25, 0.3) is 6.08 Å². The number of aromatic nitrogens is 1. The quantitative estimate of drug-likeness (QED) is 0.547. The third-order valence-corrected chi connectivity index (χ3v) is 4.66. The predicted octanol–water partition coefficient (Wildman–Crippen LogP) is 4.97. The topological polar surface area (TPSA) is 71.1 Å². The van der Waals surface area contributed by atoms with Crippen molar-refractivity contribution in [1.82, 2.24) is 10.3 Å². The highest BCUT2D eigenvalue weighted by molar-refractivity contribution is 6.42. The Kier molecular flexibility index (Phi) is 7.00. The molecular formula is C22H17Cl2N3O2. The second-order valence-electron chi connectivity index (χ2n) is 6.08. The lowest BCUT2D eigenvalue weighted by molar-refractivity contribution is -0.111. The zero-order valence-corrected chi connectivity index (χ0v) is 16.7. The minimum Gasteiger partial charge on any atom is -0.346 e. The van der Waals surface area contributed by atoms with Crippen molar-refractivity contribution in [2.75, 3.05) is 5.32 Å². The van der Waals surface area contributed by atoms with Crippen LogP contribution in [0.1, 0.15) is 21.6 Å². The molecule has 1 heterocycles. The molecular weight excluding hydrogens is 409 g/mol. The first-order valence-electron chi connectivity index (χ1n) is 8.73. The summed E-state index contributed by atoms with van der Waals surface area (Å²) in [5.74, 6) is -0.583. The summed E-state index contributed by atoms with van der Waals surface area (Å²) in [6.07, 6.45) is 4.68. The fourth-order valence-corrected chi connectivity index (χ4v) is 2.79. The van der Waals surface area contributed by atoms with E-state index in [-0.39, 0.29) is 11.8 Å². The normalized spacial score (nSPS) is 10.7. The summed E-state index contributed by atoms with van der Waals surface area (Å²) < 4.78 is 0. The molecule has 2 aromatic carbocycles. The summed E-state index contributed by atoms with van der Waals surface area (Å²) in [6.45, 7) is 0.322. The Morgan fingerprint density at radius 2 is 1.83 bits per heavy atom. The largest absolute Gasteiger partial charge is 0.346 e. The molecule has 0 spiro atoms. The van der Waals surface area contributed by atoms with Crippen LogP contribution >= 0.6 is 23.2 Å². The average Bonchev–Trinajstić information content (AvgIpc) is 2.74. The highest BCUT2D eigenvalue weighted by atomic mass is 35.5. The van der Waals surface area contributed by atoms with E-state index in [0.29, 0.717) is 27.8 Å². The van der Waals surface area contributed by atoms with E-state index in [1.54, 1.807) is 54.7 Å². The number of amides is 2. The molecule has 0 aliphatic carbocycles. The van der Waals surface area contributed by atoms with Gasteiger partial charge in [0, 0.05) is 23.5 Å². The number of hydrogen-bond donors (Lipinski definition) is 2. The fraction of sp³-hybridized carbons (Fsp3) is 0.0455. The summed E-state index contributed by atoms with van der Waals surface area (Å²) in [7, 11) is 0. The monoisotopic (exact) mass is 425 g/mol. The van der Waals surface area contributed by atoms with E-state index >= 15 is 0 Å². The molecule has 2 N–H and O–H groups in total. The molecule has 0 saturated carbocycles. The van der Waals surface area contributed by atoms with E-state index in [0.717, 1.165) is 11.3 Å². The van der Waals surface area contributed by atoms with Crippen molar-refractivity contribution in [2.24, 2.45) is 0 Å². The molecule has 0 fully saturated rings. The molecule has 0 aliphatic rings. The zero-order chi connectivity index (χ0) is 20.6. The first kappa shape index (κ1) is 20.6. The number of nitrogens with one attached hydrogen (secondary N) is 2. The molecule has 0 saturated heterocycles. The number of nitrogens with zero attached hydrogens (tertiary/aromatic N) is 1. The Morgan fingerprint density at radius 1 is 0.966 bits per heavy atom. The van der Waals surface area contributed by atoms with Crippen LogP contribution in [-0.4, -0.2) is 16.8 Å². The average molecular weight is 426 g/mol. The zero-order valence-electron chi connectivity index (χ0n) is 15.2. The Labute approximate surface area is 178 Å². The number of pyridine rings is 1. The van der Waals surface area contributed by atoms with Crippen LogP contribution in [0, 0.1) is 0 Å². The van der Waals surface area contributed by atoms with Gasteiger partial charge in [-0.25, -0.2) is 0 Å². The van der Waals surface area contributed by atoms with Crippen LogP contribution in [0.2, 0.25) is 10.0 Å². The number of anilines is 1. The maximum Gasteiger partial charge on any atom is 0.251 e. The number of rotatable bonds is 6. The highest BCUT2D eigenvalue weighted by Crippen LogP contribution is 2.23. The van der Waals surface area contributed by atoms with Crippen LogP contribution in [0.3, 0.4) is 0 Å². The second kappa shape index (κ2) is 9.87. The molecule has 0 aliphatic heterocycles. The van der Waals surface area contributed by atoms with Crippen LogP contribution in [0.4, 0.5) is 5.69 Å². The molecule has 3 rings (SSSR count). The summed E-state index contributed by atoms with van der Waals surface area (Å²) in [4.78, 5) is 28.7. The first-order valence-corrected chi connectivity index (χ1v) is 9.49. The number of carbonyl (C=O) groups excluding carboxylic acids is 2. The lowest BCUT2D eigenvalue weighted by atomic mass is 10.1. The number of halogens is 2. The summed E-state index contributed by atoms with van der Waals surface area (Å²) in [6, 6.07) is 17.3. The van der Waals surface area contributed by atoms with Gasteiger partial charge in [0.15, 0.2) is 0 Å². The first-order chi connectivity index (χ1) is 14.0. The molecule has 7 heteroatoms. The Morgan fingerprint density at radius 3 is 2.59 bits per heavy atom. The standard InChI is InChI=1S/C22H17Cl2N3O2/c23-19-9-7-15(12-20(19)24)8-10-21(28)27-17-6-3-4-16(13-17)22(29)26-14-18-5-1-2-11-25-18/h1-13H,14H2,(H,26,29)(H,27,28)/b10-8+. The minimum atomic E-state index is -0.331. The van der Waals surface area contributed by atoms with Crippen molar-refractivity contribution < 1.29 is 9.59 Å². The van der Waals surface area contributed by atoms with E-state index in [2.05, 4.69) is 15.6 Å². The van der Waals surface area contributed by atoms with Crippen molar-refractivity contribution in [3.63, 3.8) is 0 Å². The Balaban J connectivity index is 1.59. The number of carbonyl (C=O) groups is 2. The molecule has 0 atom stereocenters. The third-order valence-electron chi connectivity index (χ3n) is 3.92. The maximum absolute atomic E-state index is 12.3. The van der Waals surface area contributed by atoms with Crippen LogP contribution in [0.15, 0.2) is 72.9 Å². The van der Waals surface area contributed by atoms with Gasteiger partial charge in [0.2, 0.25) is 5.91 Å². The maximum atomic E-state index is 12.3. The summed E-state index contributed by atoms with van der Waals surface area (Å²) >= 11 is 11.8. The lowest BCUT2D eigenvalue weighted by Crippen LogP contribution is -2.23. The van der Waals surface area contributed by atoms with Gasteiger partial charge >= 0.3 is 0 Å². The Bertz CT molecular complexity index is 1050. The van der Waals surface area contributed by atoms with Gasteiger partial charge in [0.1, 0.15) is 0 Å². The van der Waals surface area contributed by atoms with Gasteiger partial charge in [0.25, 0.3) is 5.91 Å². The van der Waals surface area contributed by atoms with Crippen molar-refractivity contribution in [3.8, 4) is 0 Å². The van der Waals surface area contributed by atoms with E-state index in [1.807, 2.05) is 18.2 Å². The minimum absolute atomic E-state index is 0.252. The molecule has 2 amide bonds. The van der Waals surface area contributed by atoms with E-state index < -0.39 is 0 Å². The highest BCUT2D eigenvalue weighted by Gasteiger charge is 2.07. The van der Waals surface area contributed by atoms with Gasteiger partial charge in [-0.2, -0.15) is 0 Å². The van der Waals surface area contributed by atoms with Gasteiger partial charge in [0.05, 0.1) is 22.3 Å². The molecule has 3 aromatic rings. The molecule has 146 valence electrons. The second-order valence-corrected chi connectivity index (χ2v) is 6.90. The number of hydrogen-bond acceptors (Lipinski definition) is 3. The van der Waals surface area contributed by atoms with Crippen molar-refractivity contribution >= 4 is 46.8 Å². The Hall–Kier alpha value is -3.15. The van der Waals surface area contributed by atoms with Crippen molar-refractivity contribution in [3.05, 3.63) is 99.8 Å². The molecule has 0 unspecified atom stereocenters. The van der Waals surface area contributed by atoms with Crippen LogP contribution in [0.5, 0.6) is 0 Å². The van der Waals surface area contributed by atoms with Gasteiger partial charge < -0.3 is 10.6 Å². The summed E-state index contributed by atoms with van der Waals surface area (Å²) in [5.41, 5.74) is 2.46. The molecule has 0 radical (unpaired) electrons. The SMILES string of the molecule is O=C(/C=C/c1ccc(Cl)c(Cl)c1)Nc1cccc(C(=O)NCc2ccccn2)c1. The predicted molar refractivity (Wildman–Crippen MR) is 116 cm³/mol. The van der Waals surface area contributed by atoms with Crippen LogP contribution < -0.4 is 10.6 Å². The van der Waals surface area contributed by atoms with Crippen molar-refractivity contribution in [1.29, 1.82) is 0 Å². The molecule has 0 bridgehead atoms. The van der Waals surface area contributed by atoms with Crippen molar-refractivity contribution in [2.45, 2.75) is 6.54 Å². The summed E-state index contributed by atoms with van der Waals surface area (Å²) in [5, 5.41) is 6.40. The molecule has 29 heavy (non-hydrogen) atoms. The van der Waals surface area contributed by atoms with Crippen LogP contribution in [-0.2, 0) is 11.3 Å². The van der Waals surface area contributed by atoms with Gasteiger partial charge in [-0.1, -0.05) is 41.4 Å². The lowest BCUT2D eigenvalue weighted by Gasteiger charge is -2.07. The van der Waals surface area contributed by atoms with Gasteiger partial charge in [-0.05, 0) is 54.1 Å².